The number of rotatable bonds is 8. The van der Waals surface area contributed by atoms with Crippen molar-refractivity contribution >= 4 is 11.4 Å². The van der Waals surface area contributed by atoms with E-state index in [0.717, 1.165) is 6.42 Å². The summed E-state index contributed by atoms with van der Waals surface area (Å²) in [5, 5.41) is 23.6. The molecule has 0 bridgehead atoms. The van der Waals surface area contributed by atoms with Crippen molar-refractivity contribution < 1.29 is 14.8 Å². The van der Waals surface area contributed by atoms with E-state index in [1.54, 1.807) is 25.1 Å². The Labute approximate surface area is 118 Å². The predicted octanol–water partition coefficient (Wildman–Crippen LogP) is 2.96. The van der Waals surface area contributed by atoms with E-state index in [-0.39, 0.29) is 18.0 Å². The van der Waals surface area contributed by atoms with Gasteiger partial charge in [0.05, 0.1) is 11.5 Å². The highest BCUT2D eigenvalue weighted by Gasteiger charge is 2.27. The van der Waals surface area contributed by atoms with Crippen LogP contribution in [0.2, 0.25) is 0 Å². The van der Waals surface area contributed by atoms with Gasteiger partial charge in [0, 0.05) is 12.1 Å². The van der Waals surface area contributed by atoms with Crippen LogP contribution in [0.25, 0.3) is 0 Å². The van der Waals surface area contributed by atoms with E-state index in [1.165, 1.54) is 0 Å². The van der Waals surface area contributed by atoms with Gasteiger partial charge in [-0.1, -0.05) is 13.0 Å². The molecule has 2 N–H and O–H groups in total. The number of ether oxygens (including phenoxy) is 1. The Hall–Kier alpha value is -1.82. The summed E-state index contributed by atoms with van der Waals surface area (Å²) in [6.45, 7) is 6.08. The van der Waals surface area contributed by atoms with Gasteiger partial charge in [0.1, 0.15) is 5.69 Å². The van der Waals surface area contributed by atoms with Crippen molar-refractivity contribution in [1.29, 1.82) is 0 Å². The number of benzene rings is 1. The highest BCUT2D eigenvalue weighted by molar-refractivity contribution is 5.69. The minimum atomic E-state index is -0.442. The zero-order valence-corrected chi connectivity index (χ0v) is 12.2. The smallest absolute Gasteiger partial charge is 0.333 e. The van der Waals surface area contributed by atoms with Gasteiger partial charge in [-0.3, -0.25) is 10.1 Å². The molecule has 0 radical (unpaired) electrons. The van der Waals surface area contributed by atoms with Crippen LogP contribution in [0.3, 0.4) is 0 Å². The molecule has 0 aliphatic carbocycles. The van der Waals surface area contributed by atoms with Crippen LogP contribution in [-0.4, -0.2) is 28.8 Å². The molecule has 0 aliphatic rings. The second kappa shape index (κ2) is 7.09. The first-order chi connectivity index (χ1) is 9.47. The number of nitrogens with one attached hydrogen (secondary N) is 1. The summed E-state index contributed by atoms with van der Waals surface area (Å²) in [5.74, 6) is 0.255. The van der Waals surface area contributed by atoms with Crippen molar-refractivity contribution in [2.75, 3.05) is 18.5 Å². The highest BCUT2D eigenvalue weighted by Crippen LogP contribution is 2.37. The summed E-state index contributed by atoms with van der Waals surface area (Å²) < 4.78 is 5.32. The van der Waals surface area contributed by atoms with Gasteiger partial charge in [0.2, 0.25) is 0 Å². The molecule has 0 fully saturated rings. The SMILES string of the molecule is CCOc1cccc(NC(C)(CC)CCO)c1[N+](=O)[O-]. The van der Waals surface area contributed by atoms with Gasteiger partial charge in [-0.15, -0.1) is 0 Å². The lowest BCUT2D eigenvalue weighted by Gasteiger charge is -2.30. The molecule has 112 valence electrons. The largest absolute Gasteiger partial charge is 0.487 e. The summed E-state index contributed by atoms with van der Waals surface area (Å²) in [5.41, 5.74) is -0.0460. The third-order valence-electron chi connectivity index (χ3n) is 3.36. The van der Waals surface area contributed by atoms with E-state index in [4.69, 9.17) is 9.84 Å². The number of para-hydroxylation sites is 1. The number of hydrogen-bond acceptors (Lipinski definition) is 5. The van der Waals surface area contributed by atoms with Crippen LogP contribution in [0.5, 0.6) is 5.75 Å². The number of aliphatic hydroxyl groups excluding tert-OH is 1. The predicted molar refractivity (Wildman–Crippen MR) is 78.3 cm³/mol. The molecule has 1 aromatic rings. The lowest BCUT2D eigenvalue weighted by atomic mass is 9.94. The van der Waals surface area contributed by atoms with Crippen LogP contribution in [0.15, 0.2) is 18.2 Å². The van der Waals surface area contributed by atoms with Crippen LogP contribution in [-0.2, 0) is 0 Å². The van der Waals surface area contributed by atoms with Gasteiger partial charge >= 0.3 is 5.69 Å². The first-order valence-electron chi connectivity index (χ1n) is 6.76. The molecule has 1 atom stereocenters. The Kier molecular flexibility index (Phi) is 5.76. The van der Waals surface area contributed by atoms with Crippen LogP contribution >= 0.6 is 0 Å². The average molecular weight is 282 g/mol. The molecule has 0 amide bonds. The molecule has 1 aromatic carbocycles. The maximum Gasteiger partial charge on any atom is 0.333 e. The number of nitrogens with zero attached hydrogens (tertiary/aromatic N) is 1. The minimum Gasteiger partial charge on any atom is -0.487 e. The summed E-state index contributed by atoms with van der Waals surface area (Å²) in [6.07, 6.45) is 1.25. The van der Waals surface area contributed by atoms with Gasteiger partial charge < -0.3 is 15.2 Å². The van der Waals surface area contributed by atoms with Crippen molar-refractivity contribution in [2.45, 2.75) is 39.2 Å². The zero-order chi connectivity index (χ0) is 15.2. The summed E-state index contributed by atoms with van der Waals surface area (Å²) in [7, 11) is 0. The summed E-state index contributed by atoms with van der Waals surface area (Å²) in [4.78, 5) is 10.8. The Bertz CT molecular complexity index is 464. The van der Waals surface area contributed by atoms with Crippen molar-refractivity contribution in [1.82, 2.24) is 0 Å². The van der Waals surface area contributed by atoms with Crippen molar-refractivity contribution in [2.24, 2.45) is 0 Å². The molecule has 1 rings (SSSR count). The van der Waals surface area contributed by atoms with Crippen molar-refractivity contribution in [3.63, 3.8) is 0 Å². The van der Waals surface area contributed by atoms with Gasteiger partial charge in [-0.25, -0.2) is 0 Å². The lowest BCUT2D eigenvalue weighted by molar-refractivity contribution is -0.385. The van der Waals surface area contributed by atoms with Crippen LogP contribution in [0.1, 0.15) is 33.6 Å². The topological polar surface area (TPSA) is 84.6 Å². The summed E-state index contributed by atoms with van der Waals surface area (Å²) >= 11 is 0. The Morgan fingerprint density at radius 2 is 2.15 bits per heavy atom. The Morgan fingerprint density at radius 3 is 2.65 bits per heavy atom. The van der Waals surface area contributed by atoms with Gasteiger partial charge in [-0.05, 0) is 38.8 Å². The average Bonchev–Trinajstić information content (AvgIpc) is 2.39. The second-order valence-corrected chi connectivity index (χ2v) is 4.86. The normalized spacial score (nSPS) is 13.6. The molecule has 20 heavy (non-hydrogen) atoms. The molecule has 0 saturated carbocycles. The van der Waals surface area contributed by atoms with Crippen LogP contribution in [0.4, 0.5) is 11.4 Å². The van der Waals surface area contributed by atoms with E-state index in [1.807, 2.05) is 13.8 Å². The van der Waals surface area contributed by atoms with Crippen molar-refractivity contribution in [3.05, 3.63) is 28.3 Å². The molecular weight excluding hydrogens is 260 g/mol. The van der Waals surface area contributed by atoms with Crippen LogP contribution in [0, 0.1) is 10.1 Å². The van der Waals surface area contributed by atoms with E-state index in [9.17, 15) is 10.1 Å². The maximum absolute atomic E-state index is 11.3. The quantitative estimate of drug-likeness (QED) is 0.565. The molecule has 0 aliphatic heterocycles. The third-order valence-corrected chi connectivity index (χ3v) is 3.36. The Morgan fingerprint density at radius 1 is 1.45 bits per heavy atom. The maximum atomic E-state index is 11.3. The fourth-order valence-corrected chi connectivity index (χ4v) is 1.98. The number of aliphatic hydroxyl groups is 1. The number of nitro groups is 1. The number of hydrogen-bond donors (Lipinski definition) is 2. The Balaban J connectivity index is 3.17. The number of anilines is 1. The molecular formula is C14H22N2O4. The first kappa shape index (κ1) is 16.2. The fraction of sp³-hybridized carbons (Fsp3) is 0.571. The molecule has 0 heterocycles. The van der Waals surface area contributed by atoms with E-state index >= 15 is 0 Å². The number of nitro benzene ring substituents is 1. The molecule has 1 unspecified atom stereocenters. The van der Waals surface area contributed by atoms with Crippen molar-refractivity contribution in [3.8, 4) is 5.75 Å². The lowest BCUT2D eigenvalue weighted by Crippen LogP contribution is -2.35. The van der Waals surface area contributed by atoms with E-state index in [0.29, 0.717) is 18.7 Å². The zero-order valence-electron chi connectivity index (χ0n) is 12.2. The standard InChI is InChI=1S/C14H22N2O4/c1-4-14(3,9-10-17)15-11-7-6-8-12(20-5-2)13(11)16(18)19/h6-8,15,17H,4-5,9-10H2,1-3H3. The van der Waals surface area contributed by atoms with Gasteiger partial charge in [-0.2, -0.15) is 0 Å². The fourth-order valence-electron chi connectivity index (χ4n) is 1.98. The van der Waals surface area contributed by atoms with Gasteiger partial charge in [0.15, 0.2) is 5.75 Å². The molecule has 6 heteroatoms. The summed E-state index contributed by atoms with van der Waals surface area (Å²) in [6, 6.07) is 4.96. The highest BCUT2D eigenvalue weighted by atomic mass is 16.6. The second-order valence-electron chi connectivity index (χ2n) is 4.86. The molecule has 0 saturated heterocycles. The van der Waals surface area contributed by atoms with E-state index < -0.39 is 10.5 Å². The van der Waals surface area contributed by atoms with Crippen LogP contribution < -0.4 is 10.1 Å². The van der Waals surface area contributed by atoms with E-state index in [2.05, 4.69) is 5.32 Å². The third kappa shape index (κ3) is 3.84. The molecule has 6 nitrogen and oxygen atoms in total. The molecule has 0 spiro atoms. The van der Waals surface area contributed by atoms with Gasteiger partial charge in [0.25, 0.3) is 0 Å². The molecule has 0 aromatic heterocycles. The monoisotopic (exact) mass is 282 g/mol. The first-order valence-corrected chi connectivity index (χ1v) is 6.76. The minimum absolute atomic E-state index is 0.0241.